The number of rotatable bonds is 3. The molecular formula is C14H11N3O4. The van der Waals surface area contributed by atoms with Crippen LogP contribution < -0.4 is 11.1 Å². The minimum atomic E-state index is -0.529. The van der Waals surface area contributed by atoms with Gasteiger partial charge in [0.2, 0.25) is 0 Å². The van der Waals surface area contributed by atoms with Crippen molar-refractivity contribution < 1.29 is 13.7 Å². The van der Waals surface area contributed by atoms with E-state index in [9.17, 15) is 9.59 Å². The lowest BCUT2D eigenvalue weighted by molar-refractivity contribution is 0.101. The first-order valence-electron chi connectivity index (χ1n) is 6.60. The van der Waals surface area contributed by atoms with Crippen molar-refractivity contribution in [1.82, 2.24) is 10.1 Å². The predicted molar refractivity (Wildman–Crippen MR) is 73.3 cm³/mol. The standard InChI is InChI=1S/C14H11N3O4/c18-13(10-6-12(21-17-10)7-1-2-7)15-8-3-4-11-9(5-8)16-14(19)20-11/h3-7H,1-2H2,(H,15,18)(H,16,19). The molecule has 0 radical (unpaired) electrons. The topological polar surface area (TPSA) is 101 Å². The third-order valence-corrected chi connectivity index (χ3v) is 3.42. The highest BCUT2D eigenvalue weighted by Crippen LogP contribution is 2.40. The molecule has 2 aromatic heterocycles. The van der Waals surface area contributed by atoms with Gasteiger partial charge >= 0.3 is 5.76 Å². The number of oxazole rings is 1. The largest absolute Gasteiger partial charge is 0.417 e. The van der Waals surface area contributed by atoms with Crippen LogP contribution in [-0.4, -0.2) is 16.0 Å². The van der Waals surface area contributed by atoms with Gasteiger partial charge in [-0.2, -0.15) is 0 Å². The van der Waals surface area contributed by atoms with Crippen molar-refractivity contribution in [2.24, 2.45) is 0 Å². The summed E-state index contributed by atoms with van der Waals surface area (Å²) in [5.41, 5.74) is 1.75. The molecule has 1 amide bonds. The molecule has 7 nitrogen and oxygen atoms in total. The Morgan fingerprint density at radius 3 is 3.00 bits per heavy atom. The third-order valence-electron chi connectivity index (χ3n) is 3.42. The van der Waals surface area contributed by atoms with Crippen LogP contribution in [0.3, 0.4) is 0 Å². The maximum atomic E-state index is 12.1. The third kappa shape index (κ3) is 2.22. The van der Waals surface area contributed by atoms with E-state index in [2.05, 4.69) is 15.5 Å². The minimum Gasteiger partial charge on any atom is -0.408 e. The van der Waals surface area contributed by atoms with Crippen LogP contribution in [0.4, 0.5) is 5.69 Å². The summed E-state index contributed by atoms with van der Waals surface area (Å²) in [5.74, 6) is 0.288. The Morgan fingerprint density at radius 2 is 2.19 bits per heavy atom. The van der Waals surface area contributed by atoms with Gasteiger partial charge in [-0.05, 0) is 31.0 Å². The molecular weight excluding hydrogens is 274 g/mol. The Bertz CT molecular complexity index is 885. The zero-order valence-electron chi connectivity index (χ0n) is 10.9. The number of aromatic nitrogens is 2. The van der Waals surface area contributed by atoms with Crippen LogP contribution in [0.15, 0.2) is 38.0 Å². The van der Waals surface area contributed by atoms with Crippen molar-refractivity contribution in [3.8, 4) is 0 Å². The van der Waals surface area contributed by atoms with E-state index in [-0.39, 0.29) is 11.6 Å². The fraction of sp³-hybridized carbons (Fsp3) is 0.214. The number of aromatic amines is 1. The lowest BCUT2D eigenvalue weighted by Gasteiger charge is -2.01. The summed E-state index contributed by atoms with van der Waals surface area (Å²) < 4.78 is 10.0. The smallest absolute Gasteiger partial charge is 0.408 e. The quantitative estimate of drug-likeness (QED) is 0.768. The number of hydrogen-bond acceptors (Lipinski definition) is 5. The highest BCUT2D eigenvalue weighted by atomic mass is 16.5. The Hall–Kier alpha value is -2.83. The Morgan fingerprint density at radius 1 is 1.33 bits per heavy atom. The molecule has 1 aliphatic carbocycles. The van der Waals surface area contributed by atoms with Crippen LogP contribution in [0.5, 0.6) is 0 Å². The van der Waals surface area contributed by atoms with Crippen LogP contribution in [-0.2, 0) is 0 Å². The summed E-state index contributed by atoms with van der Waals surface area (Å²) in [6, 6.07) is 6.56. The molecule has 0 atom stereocenters. The lowest BCUT2D eigenvalue weighted by atomic mass is 10.2. The number of carbonyl (C=O) groups is 1. The average Bonchev–Trinajstić information content (AvgIpc) is 3.06. The van der Waals surface area contributed by atoms with E-state index in [1.165, 1.54) is 0 Å². The van der Waals surface area contributed by atoms with Gasteiger partial charge in [0, 0.05) is 17.7 Å². The van der Waals surface area contributed by atoms with Gasteiger partial charge in [-0.15, -0.1) is 0 Å². The maximum Gasteiger partial charge on any atom is 0.417 e. The van der Waals surface area contributed by atoms with Gasteiger partial charge in [0.1, 0.15) is 5.76 Å². The van der Waals surface area contributed by atoms with Crippen LogP contribution in [0.2, 0.25) is 0 Å². The molecule has 1 saturated carbocycles. The normalized spacial score (nSPS) is 14.5. The van der Waals surface area contributed by atoms with Crippen molar-refractivity contribution in [3.05, 3.63) is 46.3 Å². The molecule has 0 bridgehead atoms. The number of fused-ring (bicyclic) bond motifs is 1. The number of anilines is 1. The van der Waals surface area contributed by atoms with E-state index in [1.807, 2.05) is 0 Å². The number of benzene rings is 1. The zero-order valence-corrected chi connectivity index (χ0v) is 10.9. The number of hydrogen-bond donors (Lipinski definition) is 2. The second kappa shape index (κ2) is 4.34. The molecule has 7 heteroatoms. The number of nitrogens with zero attached hydrogens (tertiary/aromatic N) is 1. The van der Waals surface area contributed by atoms with E-state index >= 15 is 0 Å². The monoisotopic (exact) mass is 285 g/mol. The van der Waals surface area contributed by atoms with Gasteiger partial charge in [-0.1, -0.05) is 5.16 Å². The molecule has 4 rings (SSSR count). The molecule has 0 aliphatic heterocycles. The summed E-state index contributed by atoms with van der Waals surface area (Å²) in [7, 11) is 0. The summed E-state index contributed by atoms with van der Waals surface area (Å²) in [6.45, 7) is 0. The molecule has 2 N–H and O–H groups in total. The number of H-pyrrole nitrogens is 1. The SMILES string of the molecule is O=C(Nc1ccc2oc(=O)[nH]c2c1)c1cc(C2CC2)on1. The highest BCUT2D eigenvalue weighted by molar-refractivity contribution is 6.03. The molecule has 3 aromatic rings. The van der Waals surface area contributed by atoms with E-state index in [0.29, 0.717) is 22.7 Å². The minimum absolute atomic E-state index is 0.248. The predicted octanol–water partition coefficient (Wildman–Crippen LogP) is 2.24. The Balaban J connectivity index is 1.57. The number of amides is 1. The van der Waals surface area contributed by atoms with E-state index in [4.69, 9.17) is 8.94 Å². The van der Waals surface area contributed by atoms with Gasteiger partial charge in [-0.3, -0.25) is 9.78 Å². The van der Waals surface area contributed by atoms with Gasteiger partial charge in [-0.25, -0.2) is 4.79 Å². The van der Waals surface area contributed by atoms with E-state index in [0.717, 1.165) is 18.6 Å². The fourth-order valence-corrected chi connectivity index (χ4v) is 2.18. The maximum absolute atomic E-state index is 12.1. The van der Waals surface area contributed by atoms with Crippen LogP contribution in [0.25, 0.3) is 11.1 Å². The summed E-state index contributed by atoms with van der Waals surface area (Å²) in [6.07, 6.45) is 2.17. The van der Waals surface area contributed by atoms with Gasteiger partial charge in [0.25, 0.3) is 5.91 Å². The highest BCUT2D eigenvalue weighted by Gasteiger charge is 2.28. The summed E-state index contributed by atoms with van der Waals surface area (Å²) in [4.78, 5) is 25.7. The van der Waals surface area contributed by atoms with Gasteiger partial charge < -0.3 is 14.3 Å². The van der Waals surface area contributed by atoms with Gasteiger partial charge in [0.05, 0.1) is 5.52 Å². The molecule has 1 fully saturated rings. The molecule has 21 heavy (non-hydrogen) atoms. The Kier molecular flexibility index (Phi) is 2.47. The summed E-state index contributed by atoms with van der Waals surface area (Å²) in [5, 5.41) is 6.48. The van der Waals surface area contributed by atoms with Crippen LogP contribution >= 0.6 is 0 Å². The van der Waals surface area contributed by atoms with Crippen LogP contribution in [0.1, 0.15) is 35.0 Å². The van der Waals surface area contributed by atoms with Crippen molar-refractivity contribution in [2.45, 2.75) is 18.8 Å². The first-order valence-corrected chi connectivity index (χ1v) is 6.60. The van der Waals surface area contributed by atoms with Crippen molar-refractivity contribution >= 4 is 22.7 Å². The molecule has 1 aromatic carbocycles. The van der Waals surface area contributed by atoms with Crippen LogP contribution in [0, 0.1) is 0 Å². The van der Waals surface area contributed by atoms with Crippen molar-refractivity contribution in [3.63, 3.8) is 0 Å². The first-order chi connectivity index (χ1) is 10.2. The van der Waals surface area contributed by atoms with E-state index < -0.39 is 5.76 Å². The lowest BCUT2D eigenvalue weighted by Crippen LogP contribution is -2.12. The second-order valence-electron chi connectivity index (χ2n) is 5.07. The van der Waals surface area contributed by atoms with Gasteiger partial charge in [0.15, 0.2) is 11.3 Å². The second-order valence-corrected chi connectivity index (χ2v) is 5.07. The van der Waals surface area contributed by atoms with Crippen molar-refractivity contribution in [2.75, 3.05) is 5.32 Å². The van der Waals surface area contributed by atoms with E-state index in [1.54, 1.807) is 24.3 Å². The average molecular weight is 285 g/mol. The number of carbonyl (C=O) groups excluding carboxylic acids is 1. The molecule has 0 unspecified atom stereocenters. The fourth-order valence-electron chi connectivity index (χ4n) is 2.18. The molecule has 2 heterocycles. The number of nitrogens with one attached hydrogen (secondary N) is 2. The Labute approximate surface area is 117 Å². The van der Waals surface area contributed by atoms with Crippen molar-refractivity contribution in [1.29, 1.82) is 0 Å². The molecule has 1 aliphatic rings. The first kappa shape index (κ1) is 12.0. The zero-order chi connectivity index (χ0) is 14.4. The molecule has 0 spiro atoms. The molecule has 106 valence electrons. The summed E-state index contributed by atoms with van der Waals surface area (Å²) >= 11 is 0. The molecule has 0 saturated heterocycles.